The number of nitrogens with two attached hydrogens (primary N) is 1. The van der Waals surface area contributed by atoms with Crippen LogP contribution in [0.1, 0.15) is 5.56 Å². The Bertz CT molecular complexity index is 619. The highest BCUT2D eigenvalue weighted by Gasteiger charge is 2.09. The second-order valence-electron chi connectivity index (χ2n) is 3.90. The Balaban J connectivity index is 2.16. The number of non-ortho nitro benzene ring substituents is 1. The van der Waals surface area contributed by atoms with Crippen LogP contribution in [0.3, 0.4) is 0 Å². The molecule has 0 amide bonds. The smallest absolute Gasteiger partial charge is 0.272 e. The van der Waals surface area contributed by atoms with E-state index in [4.69, 9.17) is 17.3 Å². The van der Waals surface area contributed by atoms with Crippen molar-refractivity contribution in [2.45, 2.75) is 10.6 Å². The molecular weight excluding hydrogens is 284 g/mol. The van der Waals surface area contributed by atoms with Crippen molar-refractivity contribution in [3.8, 4) is 0 Å². The molecule has 98 valence electrons. The lowest BCUT2D eigenvalue weighted by molar-refractivity contribution is -0.385. The number of hydrogen-bond acceptors (Lipinski definition) is 4. The number of rotatable bonds is 4. The molecule has 0 heterocycles. The van der Waals surface area contributed by atoms with Crippen molar-refractivity contribution in [2.24, 2.45) is 0 Å². The van der Waals surface area contributed by atoms with E-state index >= 15 is 0 Å². The second-order valence-corrected chi connectivity index (χ2v) is 5.35. The molecule has 4 nitrogen and oxygen atoms in total. The first-order chi connectivity index (χ1) is 9.06. The van der Waals surface area contributed by atoms with Gasteiger partial charge in [-0.05, 0) is 17.7 Å². The van der Waals surface area contributed by atoms with Gasteiger partial charge in [0, 0.05) is 33.5 Å². The largest absolute Gasteiger partial charge is 0.398 e. The van der Waals surface area contributed by atoms with Gasteiger partial charge in [0.15, 0.2) is 0 Å². The van der Waals surface area contributed by atoms with Crippen LogP contribution in [-0.4, -0.2) is 4.92 Å². The first kappa shape index (κ1) is 13.7. The van der Waals surface area contributed by atoms with Crippen molar-refractivity contribution in [1.29, 1.82) is 0 Å². The van der Waals surface area contributed by atoms with E-state index in [2.05, 4.69) is 0 Å². The summed E-state index contributed by atoms with van der Waals surface area (Å²) in [6.07, 6.45) is 0. The van der Waals surface area contributed by atoms with Crippen LogP contribution in [0.25, 0.3) is 0 Å². The minimum atomic E-state index is -0.448. The lowest BCUT2D eigenvalue weighted by Crippen LogP contribution is -1.92. The van der Waals surface area contributed by atoms with Crippen molar-refractivity contribution in [2.75, 3.05) is 5.73 Å². The Hall–Kier alpha value is -1.72. The lowest BCUT2D eigenvalue weighted by Gasteiger charge is -2.05. The van der Waals surface area contributed by atoms with Crippen LogP contribution >= 0.6 is 23.4 Å². The van der Waals surface area contributed by atoms with Crippen molar-refractivity contribution in [3.63, 3.8) is 0 Å². The average molecular weight is 295 g/mol. The zero-order chi connectivity index (χ0) is 13.8. The molecule has 2 rings (SSSR count). The van der Waals surface area contributed by atoms with Crippen molar-refractivity contribution in [1.82, 2.24) is 0 Å². The summed E-state index contributed by atoms with van der Waals surface area (Å²) in [7, 11) is 0. The number of benzene rings is 2. The van der Waals surface area contributed by atoms with Gasteiger partial charge in [-0.25, -0.2) is 0 Å². The maximum atomic E-state index is 10.8. The lowest BCUT2D eigenvalue weighted by atomic mass is 10.2. The molecule has 0 saturated heterocycles. The van der Waals surface area contributed by atoms with Gasteiger partial charge in [-0.15, -0.1) is 11.8 Å². The SMILES string of the molecule is Nc1cc(SCc2ccccc2Cl)cc([N+](=O)[O-])c1. The third kappa shape index (κ3) is 3.62. The fourth-order valence-corrected chi connectivity index (χ4v) is 2.85. The van der Waals surface area contributed by atoms with Crippen LogP contribution in [0.5, 0.6) is 0 Å². The molecule has 19 heavy (non-hydrogen) atoms. The van der Waals surface area contributed by atoms with E-state index in [0.717, 1.165) is 10.5 Å². The quantitative estimate of drug-likeness (QED) is 0.398. The average Bonchev–Trinajstić information content (AvgIpc) is 2.37. The number of hydrogen-bond donors (Lipinski definition) is 1. The van der Waals surface area contributed by atoms with Crippen molar-refractivity contribution >= 4 is 34.7 Å². The van der Waals surface area contributed by atoms with Gasteiger partial charge in [0.2, 0.25) is 0 Å². The van der Waals surface area contributed by atoms with Crippen LogP contribution < -0.4 is 5.73 Å². The molecule has 0 aliphatic rings. The van der Waals surface area contributed by atoms with Crippen LogP contribution in [0.15, 0.2) is 47.4 Å². The zero-order valence-corrected chi connectivity index (χ0v) is 11.4. The maximum absolute atomic E-state index is 10.8. The minimum absolute atomic E-state index is 0.00154. The molecule has 0 radical (unpaired) electrons. The molecular formula is C13H11ClN2O2S. The summed E-state index contributed by atoms with van der Waals surface area (Å²) in [5, 5.41) is 11.4. The van der Waals surface area contributed by atoms with Gasteiger partial charge in [-0.3, -0.25) is 10.1 Å². The molecule has 0 fully saturated rings. The van der Waals surface area contributed by atoms with Gasteiger partial charge in [0.25, 0.3) is 5.69 Å². The number of nitro benzene ring substituents is 1. The first-order valence-corrected chi connectivity index (χ1v) is 6.84. The van der Waals surface area contributed by atoms with Gasteiger partial charge in [-0.1, -0.05) is 29.8 Å². The van der Waals surface area contributed by atoms with Gasteiger partial charge < -0.3 is 5.73 Å². The highest BCUT2D eigenvalue weighted by atomic mass is 35.5. The van der Waals surface area contributed by atoms with E-state index in [0.29, 0.717) is 16.5 Å². The van der Waals surface area contributed by atoms with Gasteiger partial charge in [0.05, 0.1) is 4.92 Å². The third-order valence-electron chi connectivity index (χ3n) is 2.48. The standard InChI is InChI=1S/C13H11ClN2O2S/c14-13-4-2-1-3-9(13)8-19-12-6-10(15)5-11(7-12)16(17)18/h1-7H,8,15H2. The predicted molar refractivity (Wildman–Crippen MR) is 78.5 cm³/mol. The summed E-state index contributed by atoms with van der Waals surface area (Å²) in [6, 6.07) is 12.1. The number of anilines is 1. The number of nitrogen functional groups attached to an aromatic ring is 1. The van der Waals surface area contributed by atoms with E-state index in [-0.39, 0.29) is 5.69 Å². The summed E-state index contributed by atoms with van der Waals surface area (Å²) in [5.41, 5.74) is 7.02. The Labute approximate surface area is 119 Å². The van der Waals surface area contributed by atoms with Crippen LogP contribution in [0.2, 0.25) is 5.02 Å². The number of thioether (sulfide) groups is 1. The molecule has 2 aromatic rings. The molecule has 2 N–H and O–H groups in total. The monoisotopic (exact) mass is 294 g/mol. The Morgan fingerprint density at radius 1 is 1.26 bits per heavy atom. The summed E-state index contributed by atoms with van der Waals surface area (Å²) in [6.45, 7) is 0. The molecule has 0 aliphatic heterocycles. The Kier molecular flexibility index (Phi) is 4.29. The molecule has 0 saturated carbocycles. The molecule has 0 unspecified atom stereocenters. The predicted octanol–water partition coefficient (Wildman–Crippen LogP) is 4.12. The Morgan fingerprint density at radius 3 is 2.68 bits per heavy atom. The highest BCUT2D eigenvalue weighted by molar-refractivity contribution is 7.98. The van der Waals surface area contributed by atoms with E-state index in [1.807, 2.05) is 24.3 Å². The van der Waals surface area contributed by atoms with Gasteiger partial charge >= 0.3 is 0 Å². The summed E-state index contributed by atoms with van der Waals surface area (Å²) in [4.78, 5) is 11.1. The number of halogens is 1. The van der Waals surface area contributed by atoms with E-state index < -0.39 is 4.92 Å². The fourth-order valence-electron chi connectivity index (χ4n) is 1.57. The van der Waals surface area contributed by atoms with E-state index in [1.54, 1.807) is 6.07 Å². The van der Waals surface area contributed by atoms with Crippen molar-refractivity contribution < 1.29 is 4.92 Å². The summed E-state index contributed by atoms with van der Waals surface area (Å²) >= 11 is 7.52. The summed E-state index contributed by atoms with van der Waals surface area (Å²) < 4.78 is 0. The van der Waals surface area contributed by atoms with E-state index in [1.165, 1.54) is 23.9 Å². The molecule has 0 atom stereocenters. The molecule has 2 aromatic carbocycles. The van der Waals surface area contributed by atoms with Gasteiger partial charge in [0.1, 0.15) is 0 Å². The Morgan fingerprint density at radius 2 is 2.00 bits per heavy atom. The molecule has 0 bridgehead atoms. The van der Waals surface area contributed by atoms with Crippen molar-refractivity contribution in [3.05, 3.63) is 63.2 Å². The normalized spacial score (nSPS) is 10.4. The molecule has 0 aromatic heterocycles. The molecule has 0 aliphatic carbocycles. The maximum Gasteiger partial charge on any atom is 0.272 e. The minimum Gasteiger partial charge on any atom is -0.398 e. The first-order valence-electron chi connectivity index (χ1n) is 5.47. The summed E-state index contributed by atoms with van der Waals surface area (Å²) in [5.74, 6) is 0.639. The fraction of sp³-hybridized carbons (Fsp3) is 0.0769. The zero-order valence-electron chi connectivity index (χ0n) is 9.88. The third-order valence-corrected chi connectivity index (χ3v) is 3.87. The number of nitrogens with zero attached hydrogens (tertiary/aromatic N) is 1. The highest BCUT2D eigenvalue weighted by Crippen LogP contribution is 2.30. The topological polar surface area (TPSA) is 69.2 Å². The van der Waals surface area contributed by atoms with Crippen LogP contribution in [-0.2, 0) is 5.75 Å². The number of nitro groups is 1. The van der Waals surface area contributed by atoms with E-state index in [9.17, 15) is 10.1 Å². The molecule has 0 spiro atoms. The van der Waals surface area contributed by atoms with Crippen LogP contribution in [0.4, 0.5) is 11.4 Å². The van der Waals surface area contributed by atoms with Gasteiger partial charge in [-0.2, -0.15) is 0 Å². The molecule has 6 heteroatoms. The second kappa shape index (κ2) is 5.95. The van der Waals surface area contributed by atoms with Crippen LogP contribution in [0, 0.1) is 10.1 Å².